The van der Waals surface area contributed by atoms with Crippen molar-refractivity contribution in [3.63, 3.8) is 0 Å². The van der Waals surface area contributed by atoms with Crippen molar-refractivity contribution >= 4 is 28.9 Å². The van der Waals surface area contributed by atoms with E-state index in [1.165, 1.54) is 0 Å². The zero-order valence-electron chi connectivity index (χ0n) is 9.13. The standard InChI is InChI=1S/C11H15ClN2O2/c1-2-5-16-7-11(15)14-10-6-8(13)3-4-9(10)12/h3-4,6H,2,5,7,13H2,1H3,(H,14,15). The Morgan fingerprint density at radius 1 is 1.56 bits per heavy atom. The highest BCUT2D eigenvalue weighted by Crippen LogP contribution is 2.23. The Hall–Kier alpha value is -1.26. The van der Waals surface area contributed by atoms with Crippen LogP contribution in [0.2, 0.25) is 5.02 Å². The van der Waals surface area contributed by atoms with E-state index in [1.54, 1.807) is 18.2 Å². The van der Waals surface area contributed by atoms with Crippen molar-refractivity contribution in [1.82, 2.24) is 0 Å². The van der Waals surface area contributed by atoms with Crippen LogP contribution in [0.4, 0.5) is 11.4 Å². The lowest BCUT2D eigenvalue weighted by Crippen LogP contribution is -2.18. The topological polar surface area (TPSA) is 64.3 Å². The molecule has 0 unspecified atom stereocenters. The van der Waals surface area contributed by atoms with Crippen LogP contribution < -0.4 is 11.1 Å². The normalized spacial score (nSPS) is 10.1. The zero-order valence-corrected chi connectivity index (χ0v) is 9.88. The smallest absolute Gasteiger partial charge is 0.250 e. The Kier molecular flexibility index (Phi) is 5.08. The third-order valence-corrected chi connectivity index (χ3v) is 2.18. The number of nitrogens with two attached hydrogens (primary N) is 1. The van der Waals surface area contributed by atoms with Gasteiger partial charge in [-0.1, -0.05) is 18.5 Å². The van der Waals surface area contributed by atoms with Gasteiger partial charge in [-0.15, -0.1) is 0 Å². The van der Waals surface area contributed by atoms with Gasteiger partial charge < -0.3 is 15.8 Å². The number of carbonyl (C=O) groups excluding carboxylic acids is 1. The van der Waals surface area contributed by atoms with E-state index < -0.39 is 0 Å². The van der Waals surface area contributed by atoms with E-state index >= 15 is 0 Å². The lowest BCUT2D eigenvalue weighted by molar-refractivity contribution is -0.120. The van der Waals surface area contributed by atoms with Crippen molar-refractivity contribution in [2.24, 2.45) is 0 Å². The maximum absolute atomic E-state index is 11.4. The Labute approximate surface area is 99.7 Å². The van der Waals surface area contributed by atoms with Gasteiger partial charge in [0.25, 0.3) is 0 Å². The third kappa shape index (κ3) is 4.08. The summed E-state index contributed by atoms with van der Waals surface area (Å²) in [6, 6.07) is 4.92. The quantitative estimate of drug-likeness (QED) is 0.615. The molecular weight excluding hydrogens is 228 g/mol. The van der Waals surface area contributed by atoms with Crippen LogP contribution in [-0.4, -0.2) is 19.1 Å². The molecule has 88 valence electrons. The molecule has 0 aromatic heterocycles. The summed E-state index contributed by atoms with van der Waals surface area (Å²) in [5, 5.41) is 3.09. The minimum atomic E-state index is -0.235. The highest BCUT2D eigenvalue weighted by atomic mass is 35.5. The van der Waals surface area contributed by atoms with Crippen LogP contribution >= 0.6 is 11.6 Å². The van der Waals surface area contributed by atoms with E-state index in [0.29, 0.717) is 23.0 Å². The SMILES string of the molecule is CCCOCC(=O)Nc1cc(N)ccc1Cl. The molecule has 0 bridgehead atoms. The molecule has 0 heterocycles. The van der Waals surface area contributed by atoms with Gasteiger partial charge in [0.15, 0.2) is 0 Å². The summed E-state index contributed by atoms with van der Waals surface area (Å²) in [4.78, 5) is 11.4. The molecule has 3 N–H and O–H groups in total. The van der Waals surface area contributed by atoms with Crippen LogP contribution in [0.15, 0.2) is 18.2 Å². The van der Waals surface area contributed by atoms with Crippen LogP contribution in [0.5, 0.6) is 0 Å². The van der Waals surface area contributed by atoms with Crippen molar-refractivity contribution in [3.05, 3.63) is 23.2 Å². The Morgan fingerprint density at radius 2 is 2.31 bits per heavy atom. The number of carbonyl (C=O) groups is 1. The van der Waals surface area contributed by atoms with Crippen molar-refractivity contribution in [1.29, 1.82) is 0 Å². The molecule has 5 heteroatoms. The Balaban J connectivity index is 2.52. The number of ether oxygens (including phenoxy) is 1. The van der Waals surface area contributed by atoms with E-state index in [1.807, 2.05) is 6.92 Å². The van der Waals surface area contributed by atoms with Crippen LogP contribution in [0.1, 0.15) is 13.3 Å². The van der Waals surface area contributed by atoms with Gasteiger partial charge in [0.2, 0.25) is 5.91 Å². The van der Waals surface area contributed by atoms with Gasteiger partial charge in [-0.25, -0.2) is 0 Å². The fourth-order valence-electron chi connectivity index (χ4n) is 1.13. The summed E-state index contributed by atoms with van der Waals surface area (Å²) in [6.45, 7) is 2.57. The van der Waals surface area contributed by atoms with Crippen LogP contribution in [-0.2, 0) is 9.53 Å². The summed E-state index contributed by atoms with van der Waals surface area (Å²) in [5.74, 6) is -0.235. The first-order valence-electron chi connectivity index (χ1n) is 5.06. The molecule has 1 aromatic rings. The van der Waals surface area contributed by atoms with Gasteiger partial charge in [-0.05, 0) is 24.6 Å². The average Bonchev–Trinajstić information content (AvgIpc) is 2.24. The lowest BCUT2D eigenvalue weighted by atomic mass is 10.3. The van der Waals surface area contributed by atoms with Gasteiger partial charge in [0.1, 0.15) is 6.61 Å². The molecule has 1 rings (SSSR count). The monoisotopic (exact) mass is 242 g/mol. The Morgan fingerprint density at radius 3 is 3.00 bits per heavy atom. The first kappa shape index (κ1) is 12.8. The van der Waals surface area contributed by atoms with Gasteiger partial charge in [0.05, 0.1) is 10.7 Å². The van der Waals surface area contributed by atoms with E-state index in [0.717, 1.165) is 6.42 Å². The molecule has 0 spiro atoms. The maximum Gasteiger partial charge on any atom is 0.250 e. The molecule has 0 aliphatic carbocycles. The van der Waals surface area contributed by atoms with Crippen molar-refractivity contribution < 1.29 is 9.53 Å². The maximum atomic E-state index is 11.4. The van der Waals surface area contributed by atoms with Crippen molar-refractivity contribution in [2.45, 2.75) is 13.3 Å². The molecular formula is C11H15ClN2O2. The molecule has 4 nitrogen and oxygen atoms in total. The van der Waals surface area contributed by atoms with Crippen LogP contribution in [0.25, 0.3) is 0 Å². The van der Waals surface area contributed by atoms with E-state index in [2.05, 4.69) is 5.32 Å². The second kappa shape index (κ2) is 6.35. The first-order chi connectivity index (χ1) is 7.63. The molecule has 0 aliphatic rings. The molecule has 16 heavy (non-hydrogen) atoms. The Bertz CT molecular complexity index is 369. The number of rotatable bonds is 5. The molecule has 0 aliphatic heterocycles. The van der Waals surface area contributed by atoms with Gasteiger partial charge in [0, 0.05) is 12.3 Å². The lowest BCUT2D eigenvalue weighted by Gasteiger charge is -2.08. The van der Waals surface area contributed by atoms with Crippen LogP contribution in [0, 0.1) is 0 Å². The van der Waals surface area contributed by atoms with E-state index in [-0.39, 0.29) is 12.5 Å². The first-order valence-corrected chi connectivity index (χ1v) is 5.44. The molecule has 0 atom stereocenters. The number of benzene rings is 1. The van der Waals surface area contributed by atoms with Gasteiger partial charge in [-0.2, -0.15) is 0 Å². The predicted molar refractivity (Wildman–Crippen MR) is 65.6 cm³/mol. The molecule has 0 saturated heterocycles. The average molecular weight is 243 g/mol. The fraction of sp³-hybridized carbons (Fsp3) is 0.364. The third-order valence-electron chi connectivity index (χ3n) is 1.85. The van der Waals surface area contributed by atoms with E-state index in [4.69, 9.17) is 22.1 Å². The summed E-state index contributed by atoms with van der Waals surface area (Å²) in [6.07, 6.45) is 0.881. The summed E-state index contributed by atoms with van der Waals surface area (Å²) in [7, 11) is 0. The highest BCUT2D eigenvalue weighted by Gasteiger charge is 2.05. The number of halogens is 1. The molecule has 0 fully saturated rings. The second-order valence-electron chi connectivity index (χ2n) is 3.34. The number of nitrogen functional groups attached to an aromatic ring is 1. The highest BCUT2D eigenvalue weighted by molar-refractivity contribution is 6.33. The molecule has 1 amide bonds. The predicted octanol–water partition coefficient (Wildman–Crippen LogP) is 2.29. The fourth-order valence-corrected chi connectivity index (χ4v) is 1.30. The summed E-state index contributed by atoms with van der Waals surface area (Å²) >= 11 is 5.89. The van der Waals surface area contributed by atoms with Crippen molar-refractivity contribution in [3.8, 4) is 0 Å². The van der Waals surface area contributed by atoms with Gasteiger partial charge >= 0.3 is 0 Å². The number of anilines is 2. The van der Waals surface area contributed by atoms with E-state index in [9.17, 15) is 4.79 Å². The van der Waals surface area contributed by atoms with Gasteiger partial charge in [-0.3, -0.25) is 4.79 Å². The minimum absolute atomic E-state index is 0.0268. The zero-order chi connectivity index (χ0) is 12.0. The number of hydrogen-bond acceptors (Lipinski definition) is 3. The summed E-state index contributed by atoms with van der Waals surface area (Å²) < 4.78 is 5.10. The number of hydrogen-bond donors (Lipinski definition) is 2. The van der Waals surface area contributed by atoms with Crippen LogP contribution in [0.3, 0.4) is 0 Å². The largest absolute Gasteiger partial charge is 0.399 e. The molecule has 1 aromatic carbocycles. The molecule has 0 saturated carbocycles. The second-order valence-corrected chi connectivity index (χ2v) is 3.75. The minimum Gasteiger partial charge on any atom is -0.399 e. The summed E-state index contributed by atoms with van der Waals surface area (Å²) in [5.41, 5.74) is 6.64. The van der Waals surface area contributed by atoms with Crippen molar-refractivity contribution in [2.75, 3.05) is 24.3 Å². The molecule has 0 radical (unpaired) electrons. The number of amides is 1. The number of nitrogens with one attached hydrogen (secondary N) is 1.